The van der Waals surface area contributed by atoms with Gasteiger partial charge in [0.25, 0.3) is 10.0 Å². The Balaban J connectivity index is 0.00000353. The Morgan fingerprint density at radius 1 is 1.10 bits per heavy atom. The molecule has 0 bridgehead atoms. The lowest BCUT2D eigenvalue weighted by molar-refractivity contribution is -0.135. The monoisotopic (exact) mass is 565 g/mol. The number of anilines is 3. The molecule has 0 aliphatic carbocycles. The summed E-state index contributed by atoms with van der Waals surface area (Å²) in [5.41, 5.74) is 8.40. The van der Waals surface area contributed by atoms with Crippen LogP contribution in [0.5, 0.6) is 0 Å². The third-order valence-corrected chi connectivity index (χ3v) is 7.85. The number of aromatic nitrogens is 3. The van der Waals surface area contributed by atoms with E-state index in [-0.39, 0.29) is 34.3 Å². The highest BCUT2D eigenvalue weighted by atomic mass is 35.5. The van der Waals surface area contributed by atoms with E-state index in [1.807, 2.05) is 0 Å². The number of nitrogens with zero attached hydrogens (tertiary/aromatic N) is 4. The summed E-state index contributed by atoms with van der Waals surface area (Å²) in [6.45, 7) is -0.780. The number of amidine groups is 1. The summed E-state index contributed by atoms with van der Waals surface area (Å²) in [5, 5.41) is 20.9. The van der Waals surface area contributed by atoms with Crippen LogP contribution >= 0.6 is 12.4 Å². The minimum Gasteiger partial charge on any atom is -0.480 e. The second kappa shape index (κ2) is 10.6. The number of hydrogen-bond donors (Lipinski definition) is 4. The molecule has 200 valence electrons. The summed E-state index contributed by atoms with van der Waals surface area (Å²) in [5.74, 6) is -0.857. The van der Waals surface area contributed by atoms with E-state index in [1.165, 1.54) is 12.3 Å². The lowest BCUT2D eigenvalue weighted by Crippen LogP contribution is -2.36. The highest BCUT2D eigenvalue weighted by Gasteiger charge is 2.29. The molecule has 0 radical (unpaired) electrons. The molecule has 0 aliphatic heterocycles. The fourth-order valence-corrected chi connectivity index (χ4v) is 5.73. The van der Waals surface area contributed by atoms with Crippen LogP contribution in [0.3, 0.4) is 0 Å². The van der Waals surface area contributed by atoms with Gasteiger partial charge in [-0.25, -0.2) is 13.4 Å². The van der Waals surface area contributed by atoms with Gasteiger partial charge in [-0.15, -0.1) is 12.4 Å². The normalized spacial score (nSPS) is 11.2. The third-order valence-electron chi connectivity index (χ3n) is 6.05. The van der Waals surface area contributed by atoms with Crippen molar-refractivity contribution in [3.63, 3.8) is 0 Å². The number of aryl methyl sites for hydroxylation is 1. The Bertz CT molecular complexity index is 1820. The van der Waals surface area contributed by atoms with Crippen LogP contribution in [0.15, 0.2) is 83.9 Å². The van der Waals surface area contributed by atoms with Crippen LogP contribution in [0, 0.1) is 5.41 Å². The number of nitrogen functional groups attached to an aromatic ring is 1. The van der Waals surface area contributed by atoms with Crippen molar-refractivity contribution in [2.75, 3.05) is 16.2 Å². The number of sulfonamides is 1. The Morgan fingerprint density at radius 3 is 2.51 bits per heavy atom. The van der Waals surface area contributed by atoms with Crippen molar-refractivity contribution in [2.45, 2.75) is 4.90 Å². The number of hydrogen-bond acceptors (Lipinski definition) is 7. The van der Waals surface area contributed by atoms with E-state index in [0.717, 1.165) is 4.31 Å². The van der Waals surface area contributed by atoms with Gasteiger partial charge in [-0.3, -0.25) is 19.5 Å². The van der Waals surface area contributed by atoms with Gasteiger partial charge in [0, 0.05) is 29.9 Å². The molecule has 11 nitrogen and oxygen atoms in total. The van der Waals surface area contributed by atoms with Crippen LogP contribution in [0.2, 0.25) is 0 Å². The lowest BCUT2D eigenvalue weighted by Gasteiger charge is -2.23. The number of aliphatic carboxylic acids is 1. The van der Waals surface area contributed by atoms with E-state index in [4.69, 9.17) is 11.1 Å². The molecule has 0 unspecified atom stereocenters. The van der Waals surface area contributed by atoms with Crippen molar-refractivity contribution >= 4 is 73.5 Å². The number of carboxylic acid groups (broad SMARTS) is 1. The maximum absolute atomic E-state index is 13.8. The van der Waals surface area contributed by atoms with E-state index in [9.17, 15) is 18.3 Å². The molecule has 39 heavy (non-hydrogen) atoms. The second-order valence-electron chi connectivity index (χ2n) is 8.52. The smallest absolute Gasteiger partial charge is 0.324 e. The van der Waals surface area contributed by atoms with Crippen molar-refractivity contribution in [1.29, 1.82) is 5.41 Å². The van der Waals surface area contributed by atoms with E-state index >= 15 is 0 Å². The molecule has 0 fully saturated rings. The van der Waals surface area contributed by atoms with Gasteiger partial charge in [0.15, 0.2) is 0 Å². The highest BCUT2D eigenvalue weighted by Crippen LogP contribution is 2.31. The number of imidazole rings is 1. The largest absolute Gasteiger partial charge is 0.480 e. The number of carbonyl (C=O) groups is 1. The first-order chi connectivity index (χ1) is 18.1. The first kappa shape index (κ1) is 27.4. The topological polar surface area (TPSA) is 167 Å². The molecule has 13 heteroatoms. The molecule has 5 rings (SSSR count). The molecular weight excluding hydrogens is 542 g/mol. The van der Waals surface area contributed by atoms with Gasteiger partial charge in [-0.2, -0.15) is 0 Å². The fourth-order valence-electron chi connectivity index (χ4n) is 4.16. The first-order valence-corrected chi connectivity index (χ1v) is 12.9. The molecule has 0 aliphatic rings. The molecule has 3 aromatic carbocycles. The zero-order chi connectivity index (χ0) is 27.0. The van der Waals surface area contributed by atoms with Gasteiger partial charge in [0.05, 0.1) is 22.2 Å². The van der Waals surface area contributed by atoms with Gasteiger partial charge >= 0.3 is 5.97 Å². The summed E-state index contributed by atoms with van der Waals surface area (Å²) in [7, 11) is -2.49. The van der Waals surface area contributed by atoms with E-state index in [1.54, 1.807) is 78.3 Å². The Labute approximate surface area is 229 Å². The predicted molar refractivity (Wildman–Crippen MR) is 153 cm³/mol. The van der Waals surface area contributed by atoms with Crippen LogP contribution in [-0.4, -0.2) is 46.4 Å². The number of carboxylic acids is 1. The van der Waals surface area contributed by atoms with Crippen LogP contribution in [0.4, 0.5) is 17.3 Å². The van der Waals surface area contributed by atoms with Gasteiger partial charge in [-0.1, -0.05) is 18.2 Å². The number of nitrogens with one attached hydrogen (secondary N) is 2. The summed E-state index contributed by atoms with van der Waals surface area (Å²) in [4.78, 5) is 20.5. The zero-order valence-electron chi connectivity index (χ0n) is 20.6. The molecule has 2 heterocycles. The number of rotatable bonds is 8. The molecule has 0 amide bonds. The minimum atomic E-state index is -4.30. The van der Waals surface area contributed by atoms with Gasteiger partial charge in [0.1, 0.15) is 17.3 Å². The summed E-state index contributed by atoms with van der Waals surface area (Å²) in [6.07, 6.45) is 1.49. The highest BCUT2D eigenvalue weighted by molar-refractivity contribution is 7.93. The van der Waals surface area contributed by atoms with Crippen molar-refractivity contribution in [3.05, 3.63) is 84.6 Å². The minimum absolute atomic E-state index is 0. The number of benzene rings is 3. The van der Waals surface area contributed by atoms with Gasteiger partial charge < -0.3 is 20.7 Å². The second-order valence-corrected chi connectivity index (χ2v) is 10.4. The van der Waals surface area contributed by atoms with Crippen molar-refractivity contribution < 1.29 is 18.3 Å². The summed E-state index contributed by atoms with van der Waals surface area (Å²) >= 11 is 0. The van der Waals surface area contributed by atoms with Gasteiger partial charge in [0.2, 0.25) is 5.95 Å². The first-order valence-electron chi connectivity index (χ1n) is 11.4. The fraction of sp³-hybridized carbons (Fsp3) is 0.0769. The maximum Gasteiger partial charge on any atom is 0.324 e. The Morgan fingerprint density at radius 2 is 1.82 bits per heavy atom. The molecule has 0 spiro atoms. The standard InChI is InChI=1S/C26H23N7O4S.ClH/c1-32-21-12-11-19(14-20(21)31-26(32)30-18-9-7-17(8-10-18)25(27)28)33(15-23(34)35)38(36,37)22-6-2-4-16-5-3-13-29-24(16)22;/h2-14H,15H2,1H3,(H3,27,28)(H,30,31)(H,34,35);1H. The molecule has 0 atom stereocenters. The van der Waals surface area contributed by atoms with E-state index in [0.29, 0.717) is 33.6 Å². The zero-order valence-corrected chi connectivity index (χ0v) is 22.2. The molecule has 0 saturated carbocycles. The van der Waals surface area contributed by atoms with Crippen molar-refractivity contribution in [2.24, 2.45) is 12.8 Å². The van der Waals surface area contributed by atoms with Crippen LogP contribution in [0.1, 0.15) is 5.56 Å². The summed E-state index contributed by atoms with van der Waals surface area (Å²) < 4.78 is 30.2. The average Bonchev–Trinajstić information content (AvgIpc) is 3.21. The molecule has 5 N–H and O–H groups in total. The lowest BCUT2D eigenvalue weighted by atomic mass is 10.2. The molecule has 0 saturated heterocycles. The predicted octanol–water partition coefficient (Wildman–Crippen LogP) is 3.85. The SMILES string of the molecule is Cl.Cn1c(Nc2ccc(C(=N)N)cc2)nc2cc(N(CC(=O)O)S(=O)(=O)c3cccc4cccnc34)ccc21. The molecule has 2 aromatic heterocycles. The van der Waals surface area contributed by atoms with Crippen LogP contribution in [-0.2, 0) is 21.9 Å². The van der Waals surface area contributed by atoms with Crippen LogP contribution < -0.4 is 15.4 Å². The van der Waals surface area contributed by atoms with Crippen LogP contribution in [0.25, 0.3) is 21.9 Å². The number of para-hydroxylation sites is 1. The van der Waals surface area contributed by atoms with Crippen molar-refractivity contribution in [1.82, 2.24) is 14.5 Å². The summed E-state index contributed by atoms with van der Waals surface area (Å²) in [6, 6.07) is 19.9. The Kier molecular flexibility index (Phi) is 7.43. The van der Waals surface area contributed by atoms with E-state index < -0.39 is 22.5 Å². The number of nitrogens with two attached hydrogens (primary N) is 1. The number of halogens is 1. The molecule has 5 aromatic rings. The third kappa shape index (κ3) is 5.19. The molecular formula is C26H24ClN7O4S. The number of fused-ring (bicyclic) bond motifs is 2. The van der Waals surface area contributed by atoms with Gasteiger partial charge in [-0.05, 0) is 54.6 Å². The quantitative estimate of drug-likeness (QED) is 0.162. The van der Waals surface area contributed by atoms with Crippen molar-refractivity contribution in [3.8, 4) is 0 Å². The number of pyridine rings is 1. The Hall–Kier alpha value is -4.68. The average molecular weight is 566 g/mol. The maximum atomic E-state index is 13.8. The van der Waals surface area contributed by atoms with E-state index in [2.05, 4.69) is 15.3 Å².